The number of hydrogen-bond acceptors (Lipinski definition) is 15. The first-order valence-corrected chi connectivity index (χ1v) is 19.4. The summed E-state index contributed by atoms with van der Waals surface area (Å²) in [6.07, 6.45) is -9.10. The van der Waals surface area contributed by atoms with Gasteiger partial charge in [-0.05, 0) is 74.9 Å². The van der Waals surface area contributed by atoms with E-state index in [4.69, 9.17) is 33.2 Å². The van der Waals surface area contributed by atoms with Gasteiger partial charge in [0.15, 0.2) is 12.6 Å². The van der Waals surface area contributed by atoms with Gasteiger partial charge in [-0.3, -0.25) is 9.59 Å². The standard InChI is InChI=1S/C39H69NO14/c1-14-27-39(10,47)32(44)22(4)29(42)20(2)18-38(9,49-16-15-41)34(54-36-30(43)26(40(11)12)17-21(3)50-36)23(5)31(24(6)35(46)52-27)53-28-19-37(8,48-13)33(45)25(7)51-28/h15,20-28,30-34,36,43-45,47H,14,16-19H2,1-13H3/t20-,21-,22+,23+,24-,25+,26+,27-,28+,30-,31+,32-,33+,34-,36+,37-,38+,39-/m1/s1. The third-order valence-corrected chi connectivity index (χ3v) is 12.3. The Morgan fingerprint density at radius 2 is 1.54 bits per heavy atom. The first-order valence-electron chi connectivity index (χ1n) is 19.4. The molecule has 18 atom stereocenters. The number of aliphatic hydroxyl groups excluding tert-OH is 3. The molecule has 4 N–H and O–H groups in total. The average Bonchev–Trinajstić information content (AvgIpc) is 3.11. The minimum atomic E-state index is -2.01. The number of esters is 1. The molecule has 0 spiro atoms. The number of aldehydes is 1. The molecule has 0 bridgehead atoms. The van der Waals surface area contributed by atoms with Crippen molar-refractivity contribution in [3.8, 4) is 0 Å². The van der Waals surface area contributed by atoms with Crippen molar-refractivity contribution in [2.24, 2.45) is 23.7 Å². The maximum Gasteiger partial charge on any atom is 0.311 e. The highest BCUT2D eigenvalue weighted by atomic mass is 16.7. The van der Waals surface area contributed by atoms with Gasteiger partial charge in [0.05, 0.1) is 47.6 Å². The molecule has 15 nitrogen and oxygen atoms in total. The molecule has 0 aromatic rings. The van der Waals surface area contributed by atoms with Crippen LogP contribution >= 0.6 is 0 Å². The number of ether oxygens (including phenoxy) is 7. The second-order valence-electron chi connectivity index (χ2n) is 16.9. The fourth-order valence-corrected chi connectivity index (χ4v) is 8.75. The van der Waals surface area contributed by atoms with Crippen molar-refractivity contribution in [3.63, 3.8) is 0 Å². The molecule has 0 saturated carbocycles. The minimum absolute atomic E-state index is 0.0307. The topological polar surface area (TPSA) is 200 Å². The molecule has 3 aliphatic heterocycles. The number of ketones is 1. The molecule has 3 rings (SSSR count). The van der Waals surface area contributed by atoms with E-state index in [0.29, 0.717) is 12.7 Å². The number of carbonyl (C=O) groups excluding carboxylic acids is 3. The van der Waals surface area contributed by atoms with Gasteiger partial charge in [-0.15, -0.1) is 0 Å². The van der Waals surface area contributed by atoms with Crippen LogP contribution in [0.2, 0.25) is 0 Å². The van der Waals surface area contributed by atoms with Crippen LogP contribution in [0.25, 0.3) is 0 Å². The maximum absolute atomic E-state index is 14.2. The molecular weight excluding hydrogens is 706 g/mol. The molecule has 0 aromatic carbocycles. The van der Waals surface area contributed by atoms with Crippen LogP contribution < -0.4 is 0 Å². The Bertz CT molecular complexity index is 1250. The smallest absolute Gasteiger partial charge is 0.311 e. The minimum Gasteiger partial charge on any atom is -0.459 e. The first kappa shape index (κ1) is 46.8. The number of hydrogen-bond donors (Lipinski definition) is 4. The molecule has 0 amide bonds. The lowest BCUT2D eigenvalue weighted by atomic mass is 9.73. The largest absolute Gasteiger partial charge is 0.459 e. The molecular formula is C39H69NO14. The molecule has 15 heteroatoms. The summed E-state index contributed by atoms with van der Waals surface area (Å²) in [7, 11) is 5.18. The van der Waals surface area contributed by atoms with E-state index < -0.39 is 108 Å². The Hall–Kier alpha value is -1.63. The summed E-state index contributed by atoms with van der Waals surface area (Å²) in [6, 6.07) is -0.340. The van der Waals surface area contributed by atoms with E-state index in [0.717, 1.165) is 0 Å². The molecule has 0 unspecified atom stereocenters. The van der Waals surface area contributed by atoms with Gasteiger partial charge in [-0.1, -0.05) is 27.7 Å². The predicted octanol–water partition coefficient (Wildman–Crippen LogP) is 2.01. The predicted molar refractivity (Wildman–Crippen MR) is 196 cm³/mol. The highest BCUT2D eigenvalue weighted by Crippen LogP contribution is 2.42. The summed E-state index contributed by atoms with van der Waals surface area (Å²) in [5.74, 6) is -4.96. The molecule has 3 fully saturated rings. The summed E-state index contributed by atoms with van der Waals surface area (Å²) in [5, 5.41) is 45.7. The first-order chi connectivity index (χ1) is 25.0. The Labute approximate surface area is 321 Å². The zero-order chi connectivity index (χ0) is 41.1. The molecule has 0 radical (unpaired) electrons. The lowest BCUT2D eigenvalue weighted by molar-refractivity contribution is -0.320. The van der Waals surface area contributed by atoms with Crippen LogP contribution in [0.3, 0.4) is 0 Å². The summed E-state index contributed by atoms with van der Waals surface area (Å²) in [5.41, 5.74) is -4.56. The van der Waals surface area contributed by atoms with E-state index >= 15 is 0 Å². The second-order valence-corrected chi connectivity index (χ2v) is 16.9. The van der Waals surface area contributed by atoms with Gasteiger partial charge in [0, 0.05) is 37.3 Å². The van der Waals surface area contributed by atoms with Gasteiger partial charge in [0.2, 0.25) is 0 Å². The highest BCUT2D eigenvalue weighted by Gasteiger charge is 2.54. The number of likely N-dealkylation sites (N-methyl/N-ethyl adjacent to an activating group) is 1. The van der Waals surface area contributed by atoms with Crippen molar-refractivity contribution in [2.75, 3.05) is 27.8 Å². The fourth-order valence-electron chi connectivity index (χ4n) is 8.75. The van der Waals surface area contributed by atoms with Gasteiger partial charge >= 0.3 is 5.97 Å². The number of cyclic esters (lactones) is 1. The summed E-state index contributed by atoms with van der Waals surface area (Å²) >= 11 is 0. The van der Waals surface area contributed by atoms with Crippen LogP contribution in [0.15, 0.2) is 0 Å². The van der Waals surface area contributed by atoms with Gasteiger partial charge < -0.3 is 63.3 Å². The van der Waals surface area contributed by atoms with Crippen molar-refractivity contribution >= 4 is 18.0 Å². The van der Waals surface area contributed by atoms with E-state index in [2.05, 4.69) is 0 Å². The van der Waals surface area contributed by atoms with Gasteiger partial charge in [0.25, 0.3) is 0 Å². The summed E-state index contributed by atoms with van der Waals surface area (Å²) in [6.45, 7) is 16.2. The van der Waals surface area contributed by atoms with Crippen LogP contribution in [-0.4, -0.2) is 155 Å². The van der Waals surface area contributed by atoms with Crippen molar-refractivity contribution in [2.45, 2.75) is 179 Å². The van der Waals surface area contributed by atoms with Crippen molar-refractivity contribution in [3.05, 3.63) is 0 Å². The van der Waals surface area contributed by atoms with Crippen LogP contribution in [0.5, 0.6) is 0 Å². The zero-order valence-corrected chi connectivity index (χ0v) is 34.6. The number of carbonyl (C=O) groups is 3. The number of rotatable bonds is 10. The number of Topliss-reactive ketones (excluding diaryl/α,β-unsaturated/α-hetero) is 1. The second kappa shape index (κ2) is 18.8. The van der Waals surface area contributed by atoms with E-state index in [1.165, 1.54) is 21.0 Å². The highest BCUT2D eigenvalue weighted by molar-refractivity contribution is 5.83. The lowest BCUT2D eigenvalue weighted by Crippen LogP contribution is -2.61. The molecule has 3 heterocycles. The van der Waals surface area contributed by atoms with E-state index in [1.807, 2.05) is 25.9 Å². The normalized spacial score (nSPS) is 47.6. The van der Waals surface area contributed by atoms with Crippen LogP contribution in [0.1, 0.15) is 94.9 Å². The Balaban J connectivity index is 2.27. The maximum atomic E-state index is 14.2. The van der Waals surface area contributed by atoms with Crippen molar-refractivity contribution < 1.29 is 68.0 Å². The van der Waals surface area contributed by atoms with E-state index in [9.17, 15) is 34.8 Å². The van der Waals surface area contributed by atoms with Crippen LogP contribution in [0, 0.1) is 23.7 Å². The third-order valence-electron chi connectivity index (χ3n) is 12.3. The fraction of sp³-hybridized carbons (Fsp3) is 0.923. The molecule has 0 aromatic heterocycles. The van der Waals surface area contributed by atoms with Crippen LogP contribution in [0.4, 0.5) is 0 Å². The average molecular weight is 776 g/mol. The Kier molecular flexibility index (Phi) is 16.2. The number of aliphatic hydroxyl groups is 4. The Morgan fingerprint density at radius 1 is 0.907 bits per heavy atom. The Morgan fingerprint density at radius 3 is 2.09 bits per heavy atom. The van der Waals surface area contributed by atoms with Crippen molar-refractivity contribution in [1.82, 2.24) is 4.90 Å². The summed E-state index contributed by atoms with van der Waals surface area (Å²) in [4.78, 5) is 42.1. The molecule has 0 aliphatic carbocycles. The van der Waals surface area contributed by atoms with Crippen LogP contribution in [-0.2, 0) is 47.5 Å². The summed E-state index contributed by atoms with van der Waals surface area (Å²) < 4.78 is 43.9. The van der Waals surface area contributed by atoms with E-state index in [1.54, 1.807) is 48.5 Å². The SMILES string of the molecule is CC[C@H]1OC(=O)[C@H](C)[C@@H](O[C@H]2C[C@@](C)(OC)[C@@H](O)[C@H](C)O2)[C@H](C)[C@@H](O[C@@H]2O[C@H](C)C[C@H](N(C)C)[C@H]2O)[C@@](C)(OCC=O)C[C@@H](C)C(=O)[C@H](C)[C@@H](O)[C@]1(C)O. The molecule has 3 saturated heterocycles. The monoisotopic (exact) mass is 775 g/mol. The van der Waals surface area contributed by atoms with Gasteiger partial charge in [-0.25, -0.2) is 0 Å². The number of nitrogens with zero attached hydrogens (tertiary/aromatic N) is 1. The molecule has 54 heavy (non-hydrogen) atoms. The molecule has 3 aliphatic rings. The van der Waals surface area contributed by atoms with E-state index in [-0.39, 0.29) is 38.0 Å². The number of methoxy groups -OCH3 is 1. The van der Waals surface area contributed by atoms with Crippen molar-refractivity contribution in [1.29, 1.82) is 0 Å². The lowest BCUT2D eigenvalue weighted by Gasteiger charge is -2.50. The molecule has 314 valence electrons. The third kappa shape index (κ3) is 10.1. The quantitative estimate of drug-likeness (QED) is 0.186. The van der Waals surface area contributed by atoms with Gasteiger partial charge in [-0.2, -0.15) is 0 Å². The zero-order valence-electron chi connectivity index (χ0n) is 34.6. The van der Waals surface area contributed by atoms with Gasteiger partial charge in [0.1, 0.15) is 42.6 Å².